The molecule has 0 bridgehead atoms. The van der Waals surface area contributed by atoms with Crippen LogP contribution in [0, 0.1) is 0 Å². The molecule has 0 aromatic carbocycles. The van der Waals surface area contributed by atoms with Crippen molar-refractivity contribution in [2.45, 2.75) is 6.92 Å². The molecule has 0 saturated carbocycles. The van der Waals surface area contributed by atoms with E-state index in [-0.39, 0.29) is 11.6 Å². The summed E-state index contributed by atoms with van der Waals surface area (Å²) >= 11 is 0. The molecule has 2 heterocycles. The van der Waals surface area contributed by atoms with E-state index in [1.54, 1.807) is 12.1 Å². The number of amides is 1. The van der Waals surface area contributed by atoms with Crippen molar-refractivity contribution in [2.24, 2.45) is 10.7 Å². The third-order valence-corrected chi connectivity index (χ3v) is 2.60. The fourth-order valence-electron chi connectivity index (χ4n) is 1.46. The summed E-state index contributed by atoms with van der Waals surface area (Å²) in [7, 11) is 1.54. The maximum atomic E-state index is 11.5. The molecule has 0 radical (unpaired) electrons. The molecule has 6 heteroatoms. The molecule has 3 N–H and O–H groups in total. The van der Waals surface area contributed by atoms with Gasteiger partial charge >= 0.3 is 0 Å². The number of allylic oxidation sites excluding steroid dienone is 1. The first-order valence-corrected chi connectivity index (χ1v) is 5.93. The largest absolute Gasteiger partial charge is 0.439 e. The lowest BCUT2D eigenvalue weighted by Gasteiger charge is -2.06. The summed E-state index contributed by atoms with van der Waals surface area (Å²) in [6, 6.07) is 3.16. The summed E-state index contributed by atoms with van der Waals surface area (Å²) in [6.07, 6.45) is 4.58. The Labute approximate surface area is 116 Å². The summed E-state index contributed by atoms with van der Waals surface area (Å²) in [4.78, 5) is 19.5. The number of aliphatic imine (C=N–C) groups is 1. The van der Waals surface area contributed by atoms with Gasteiger partial charge in [-0.05, 0) is 13.0 Å². The maximum absolute atomic E-state index is 11.5. The molecule has 102 valence electrons. The Morgan fingerprint density at radius 1 is 1.50 bits per heavy atom. The number of nitrogens with zero attached hydrogens (tertiary/aromatic N) is 2. The first kappa shape index (κ1) is 13.6. The third kappa shape index (κ3) is 3.13. The number of ether oxygens (including phenoxy) is 1. The lowest BCUT2D eigenvalue weighted by Crippen LogP contribution is -2.19. The van der Waals surface area contributed by atoms with Gasteiger partial charge in [-0.2, -0.15) is 0 Å². The molecule has 0 aliphatic carbocycles. The predicted molar refractivity (Wildman–Crippen MR) is 75.2 cm³/mol. The average molecular weight is 270 g/mol. The van der Waals surface area contributed by atoms with Gasteiger partial charge in [-0.1, -0.05) is 5.73 Å². The number of hydrogen-bond acceptors (Lipinski definition) is 5. The highest BCUT2D eigenvalue weighted by Crippen LogP contribution is 2.13. The average Bonchev–Trinajstić information content (AvgIpc) is 2.60. The highest BCUT2D eigenvalue weighted by molar-refractivity contribution is 5.93. The second kappa shape index (κ2) is 5.86. The first-order chi connectivity index (χ1) is 9.60. The molecule has 0 saturated heterocycles. The molecule has 6 nitrogen and oxygen atoms in total. The van der Waals surface area contributed by atoms with Gasteiger partial charge in [-0.3, -0.25) is 9.78 Å². The number of nitrogens with two attached hydrogens (primary N) is 1. The number of nitrogens with one attached hydrogen (secondary N) is 1. The van der Waals surface area contributed by atoms with Gasteiger partial charge in [0.05, 0.1) is 6.20 Å². The van der Waals surface area contributed by atoms with E-state index in [1.165, 1.54) is 25.5 Å². The SMILES string of the molecule is CNC(=O)c1cc(OC2=NC=C=C(C)C(N)=C2)ccn1. The van der Waals surface area contributed by atoms with Crippen molar-refractivity contribution in [3.63, 3.8) is 0 Å². The van der Waals surface area contributed by atoms with E-state index in [0.717, 1.165) is 5.57 Å². The van der Waals surface area contributed by atoms with E-state index in [4.69, 9.17) is 10.5 Å². The van der Waals surface area contributed by atoms with Crippen LogP contribution >= 0.6 is 0 Å². The number of carbonyl (C=O) groups excluding carboxylic acids is 1. The van der Waals surface area contributed by atoms with Crippen molar-refractivity contribution in [3.8, 4) is 5.75 Å². The maximum Gasteiger partial charge on any atom is 0.269 e. The Hall–Kier alpha value is -2.85. The van der Waals surface area contributed by atoms with Gasteiger partial charge < -0.3 is 15.8 Å². The van der Waals surface area contributed by atoms with Crippen LogP contribution < -0.4 is 15.8 Å². The minimum absolute atomic E-state index is 0.265. The van der Waals surface area contributed by atoms with Gasteiger partial charge in [0.25, 0.3) is 5.91 Å². The predicted octanol–water partition coefficient (Wildman–Crippen LogP) is 1.13. The van der Waals surface area contributed by atoms with E-state index in [0.29, 0.717) is 17.3 Å². The van der Waals surface area contributed by atoms with Crippen LogP contribution in [0.25, 0.3) is 0 Å². The first-order valence-electron chi connectivity index (χ1n) is 5.93. The standard InChI is InChI=1S/C14H14N4O2/c1-9-3-5-18-13(8-11(9)15)20-10-4-6-17-12(7-10)14(19)16-2/h4-8H,15H2,1-2H3,(H,16,19). The number of rotatable bonds is 2. The van der Waals surface area contributed by atoms with Crippen LogP contribution in [-0.4, -0.2) is 23.8 Å². The van der Waals surface area contributed by atoms with E-state index >= 15 is 0 Å². The van der Waals surface area contributed by atoms with Crippen LogP contribution in [0.1, 0.15) is 17.4 Å². The Morgan fingerprint density at radius 2 is 2.30 bits per heavy atom. The minimum atomic E-state index is -0.286. The molecular weight excluding hydrogens is 256 g/mol. The smallest absolute Gasteiger partial charge is 0.269 e. The van der Waals surface area contributed by atoms with Gasteiger partial charge in [-0.25, -0.2) is 4.99 Å². The Morgan fingerprint density at radius 3 is 3.05 bits per heavy atom. The number of hydrogen-bond donors (Lipinski definition) is 2. The fourth-order valence-corrected chi connectivity index (χ4v) is 1.46. The van der Waals surface area contributed by atoms with E-state index in [9.17, 15) is 4.79 Å². The highest BCUT2D eigenvalue weighted by atomic mass is 16.5. The zero-order valence-corrected chi connectivity index (χ0v) is 11.2. The molecule has 0 atom stereocenters. The molecule has 0 spiro atoms. The summed E-state index contributed by atoms with van der Waals surface area (Å²) in [5.41, 5.74) is 10.3. The van der Waals surface area contributed by atoms with Crippen molar-refractivity contribution in [2.75, 3.05) is 7.05 Å². The molecule has 20 heavy (non-hydrogen) atoms. The second-order valence-electron chi connectivity index (χ2n) is 4.02. The molecule has 1 aliphatic rings. The van der Waals surface area contributed by atoms with Crippen LogP contribution in [-0.2, 0) is 0 Å². The van der Waals surface area contributed by atoms with E-state index < -0.39 is 0 Å². The monoisotopic (exact) mass is 270 g/mol. The van der Waals surface area contributed by atoms with Crippen LogP contribution in [0.2, 0.25) is 0 Å². The molecule has 1 amide bonds. The van der Waals surface area contributed by atoms with Crippen molar-refractivity contribution in [1.82, 2.24) is 10.3 Å². The summed E-state index contributed by atoms with van der Waals surface area (Å²) in [5.74, 6) is 0.487. The van der Waals surface area contributed by atoms with Crippen LogP contribution in [0.15, 0.2) is 52.6 Å². The molecule has 1 aromatic rings. The van der Waals surface area contributed by atoms with Gasteiger partial charge in [0.1, 0.15) is 11.4 Å². The van der Waals surface area contributed by atoms with Crippen molar-refractivity contribution in [1.29, 1.82) is 0 Å². The summed E-state index contributed by atoms with van der Waals surface area (Å²) < 4.78 is 5.58. The number of pyridine rings is 1. The molecule has 1 aromatic heterocycles. The Bertz CT molecular complexity index is 668. The zero-order valence-electron chi connectivity index (χ0n) is 11.2. The normalized spacial score (nSPS) is 13.8. The van der Waals surface area contributed by atoms with Gasteiger partial charge in [-0.15, -0.1) is 0 Å². The van der Waals surface area contributed by atoms with Crippen LogP contribution in [0.3, 0.4) is 0 Å². The molecule has 2 rings (SSSR count). The van der Waals surface area contributed by atoms with Crippen LogP contribution in [0.4, 0.5) is 0 Å². The number of carbonyl (C=O) groups is 1. The minimum Gasteiger partial charge on any atom is -0.439 e. The Kier molecular flexibility index (Phi) is 3.98. The fraction of sp³-hybridized carbons (Fsp3) is 0.143. The van der Waals surface area contributed by atoms with Gasteiger partial charge in [0.15, 0.2) is 0 Å². The third-order valence-electron chi connectivity index (χ3n) is 2.60. The lowest BCUT2D eigenvalue weighted by atomic mass is 10.2. The molecule has 0 fully saturated rings. The molecule has 0 unspecified atom stereocenters. The summed E-state index contributed by atoms with van der Waals surface area (Å²) in [6.45, 7) is 1.83. The van der Waals surface area contributed by atoms with E-state index in [1.807, 2.05) is 6.92 Å². The Balaban J connectivity index is 2.22. The second-order valence-corrected chi connectivity index (χ2v) is 4.02. The quantitative estimate of drug-likeness (QED) is 0.788. The molecule has 1 aliphatic heterocycles. The lowest BCUT2D eigenvalue weighted by molar-refractivity contribution is 0.0958. The van der Waals surface area contributed by atoms with Gasteiger partial charge in [0, 0.05) is 36.7 Å². The molecular formula is C14H14N4O2. The van der Waals surface area contributed by atoms with E-state index in [2.05, 4.69) is 21.0 Å². The van der Waals surface area contributed by atoms with Crippen molar-refractivity contribution >= 4 is 11.8 Å². The van der Waals surface area contributed by atoms with Crippen molar-refractivity contribution in [3.05, 3.63) is 53.3 Å². The summed E-state index contributed by atoms with van der Waals surface area (Å²) in [5, 5.41) is 2.50. The highest BCUT2D eigenvalue weighted by Gasteiger charge is 2.08. The van der Waals surface area contributed by atoms with Crippen LogP contribution in [0.5, 0.6) is 5.75 Å². The van der Waals surface area contributed by atoms with Gasteiger partial charge in [0.2, 0.25) is 5.90 Å². The zero-order chi connectivity index (χ0) is 14.5. The topological polar surface area (TPSA) is 89.6 Å². The number of aromatic nitrogens is 1. The van der Waals surface area contributed by atoms with Crippen molar-refractivity contribution < 1.29 is 9.53 Å².